The normalized spacial score (nSPS) is 12.5. The highest BCUT2D eigenvalue weighted by atomic mass is 16.1. The summed E-state index contributed by atoms with van der Waals surface area (Å²) in [7, 11) is 0. The van der Waals surface area contributed by atoms with E-state index in [1.54, 1.807) is 0 Å². The quantitative estimate of drug-likeness (QED) is 0.765. The zero-order valence-electron chi connectivity index (χ0n) is 7.86. The lowest BCUT2D eigenvalue weighted by molar-refractivity contribution is -0.120. The Labute approximate surface area is 78.8 Å². The van der Waals surface area contributed by atoms with E-state index in [4.69, 9.17) is 5.73 Å². The van der Waals surface area contributed by atoms with Crippen molar-refractivity contribution in [1.82, 2.24) is 0 Å². The topological polar surface area (TPSA) is 43.1 Å². The van der Waals surface area contributed by atoms with Crippen molar-refractivity contribution in [2.45, 2.75) is 25.8 Å². The highest BCUT2D eigenvalue weighted by Crippen LogP contribution is 2.12. The van der Waals surface area contributed by atoms with Crippen molar-refractivity contribution < 1.29 is 4.79 Å². The Hall–Kier alpha value is -1.15. The molecule has 0 amide bonds. The first-order valence-electron chi connectivity index (χ1n) is 4.59. The average molecular weight is 177 g/mol. The van der Waals surface area contributed by atoms with E-state index in [0.717, 1.165) is 12.0 Å². The Kier molecular flexibility index (Phi) is 3.65. The first-order valence-corrected chi connectivity index (χ1v) is 4.59. The minimum Gasteiger partial charge on any atom is -0.318 e. The summed E-state index contributed by atoms with van der Waals surface area (Å²) in [5.74, 6) is 0.119. The summed E-state index contributed by atoms with van der Waals surface area (Å²) in [5, 5.41) is 0. The Morgan fingerprint density at radius 2 is 2.00 bits per heavy atom. The highest BCUT2D eigenvalue weighted by Gasteiger charge is 2.13. The van der Waals surface area contributed by atoms with Gasteiger partial charge in [0.15, 0.2) is 5.78 Å². The van der Waals surface area contributed by atoms with Crippen molar-refractivity contribution in [3.8, 4) is 0 Å². The highest BCUT2D eigenvalue weighted by molar-refractivity contribution is 5.84. The maximum absolute atomic E-state index is 11.4. The molecule has 1 rings (SSSR count). The number of carbonyl (C=O) groups is 1. The smallest absolute Gasteiger partial charge is 0.154 e. The van der Waals surface area contributed by atoms with Gasteiger partial charge in [0.05, 0.1) is 6.04 Å². The van der Waals surface area contributed by atoms with Crippen LogP contribution in [0, 0.1) is 0 Å². The number of nitrogens with two attached hydrogens (primary N) is 1. The lowest BCUT2D eigenvalue weighted by atomic mass is 10.0. The second-order valence-electron chi connectivity index (χ2n) is 3.10. The molecule has 2 nitrogen and oxygen atoms in total. The molecular weight excluding hydrogens is 162 g/mol. The molecule has 0 saturated heterocycles. The zero-order valence-corrected chi connectivity index (χ0v) is 7.86. The molecule has 0 aromatic heterocycles. The van der Waals surface area contributed by atoms with Crippen LogP contribution in [0.3, 0.4) is 0 Å². The summed E-state index contributed by atoms with van der Waals surface area (Å²) in [6.45, 7) is 1.98. The fourth-order valence-electron chi connectivity index (χ4n) is 1.25. The van der Waals surface area contributed by atoms with Crippen LogP contribution in [0.25, 0.3) is 0 Å². The molecule has 2 heteroatoms. The molecular formula is C11H15NO. The molecule has 0 radical (unpaired) electrons. The van der Waals surface area contributed by atoms with Crippen LogP contribution >= 0.6 is 0 Å². The molecule has 1 unspecified atom stereocenters. The van der Waals surface area contributed by atoms with Gasteiger partial charge in [0, 0.05) is 6.42 Å². The molecule has 0 saturated carbocycles. The zero-order chi connectivity index (χ0) is 9.68. The Balaban J connectivity index is 2.68. The number of hydrogen-bond donors (Lipinski definition) is 1. The number of hydrogen-bond acceptors (Lipinski definition) is 2. The van der Waals surface area contributed by atoms with Crippen LogP contribution in [0.1, 0.15) is 31.4 Å². The molecule has 0 fully saturated rings. The number of ketones is 1. The van der Waals surface area contributed by atoms with Crippen molar-refractivity contribution in [2.24, 2.45) is 5.73 Å². The fraction of sp³-hybridized carbons (Fsp3) is 0.364. The third-order valence-electron chi connectivity index (χ3n) is 2.00. The largest absolute Gasteiger partial charge is 0.318 e. The lowest BCUT2D eigenvalue weighted by Crippen LogP contribution is -2.20. The molecule has 13 heavy (non-hydrogen) atoms. The van der Waals surface area contributed by atoms with Crippen molar-refractivity contribution in [1.29, 1.82) is 0 Å². The van der Waals surface area contributed by atoms with Crippen LogP contribution in [0.15, 0.2) is 30.3 Å². The summed E-state index contributed by atoms with van der Waals surface area (Å²) >= 11 is 0. The number of Topliss-reactive ketones (excluding diaryl/α,β-unsaturated/α-hetero) is 1. The minimum absolute atomic E-state index is 0.119. The molecule has 1 aromatic rings. The third kappa shape index (κ3) is 2.67. The molecule has 1 atom stereocenters. The maximum atomic E-state index is 11.4. The Morgan fingerprint density at radius 1 is 1.38 bits per heavy atom. The molecule has 0 spiro atoms. The number of benzene rings is 1. The minimum atomic E-state index is -0.443. The van der Waals surface area contributed by atoms with Gasteiger partial charge in [-0.3, -0.25) is 4.79 Å². The van der Waals surface area contributed by atoms with Crippen molar-refractivity contribution >= 4 is 5.78 Å². The lowest BCUT2D eigenvalue weighted by Gasteiger charge is -2.09. The molecule has 0 aliphatic carbocycles. The average Bonchev–Trinajstić information content (AvgIpc) is 2.18. The van der Waals surface area contributed by atoms with E-state index < -0.39 is 6.04 Å². The van der Waals surface area contributed by atoms with E-state index in [-0.39, 0.29) is 5.78 Å². The van der Waals surface area contributed by atoms with Gasteiger partial charge in [-0.05, 0) is 12.0 Å². The second kappa shape index (κ2) is 4.77. The van der Waals surface area contributed by atoms with Crippen LogP contribution in [-0.4, -0.2) is 5.78 Å². The predicted octanol–water partition coefficient (Wildman–Crippen LogP) is 2.06. The van der Waals surface area contributed by atoms with E-state index in [1.165, 1.54) is 0 Å². The van der Waals surface area contributed by atoms with Gasteiger partial charge in [0.2, 0.25) is 0 Å². The Morgan fingerprint density at radius 3 is 2.54 bits per heavy atom. The number of carbonyl (C=O) groups excluding carboxylic acids is 1. The molecule has 0 bridgehead atoms. The van der Waals surface area contributed by atoms with Crippen molar-refractivity contribution in [2.75, 3.05) is 0 Å². The SMILES string of the molecule is CCCC(=O)C(N)c1ccccc1. The van der Waals surface area contributed by atoms with E-state index in [9.17, 15) is 4.79 Å². The van der Waals surface area contributed by atoms with Crippen LogP contribution in [-0.2, 0) is 4.79 Å². The molecule has 2 N–H and O–H groups in total. The second-order valence-corrected chi connectivity index (χ2v) is 3.10. The first kappa shape index (κ1) is 9.93. The molecule has 0 aliphatic heterocycles. The summed E-state index contributed by atoms with van der Waals surface area (Å²) in [6.07, 6.45) is 1.43. The van der Waals surface area contributed by atoms with Crippen molar-refractivity contribution in [3.63, 3.8) is 0 Å². The van der Waals surface area contributed by atoms with Gasteiger partial charge >= 0.3 is 0 Å². The number of rotatable bonds is 4. The van der Waals surface area contributed by atoms with Gasteiger partial charge < -0.3 is 5.73 Å². The van der Waals surface area contributed by atoms with Gasteiger partial charge in [-0.25, -0.2) is 0 Å². The van der Waals surface area contributed by atoms with E-state index in [1.807, 2.05) is 37.3 Å². The standard InChI is InChI=1S/C11H15NO/c1-2-6-10(13)11(12)9-7-4-3-5-8-9/h3-5,7-8,11H,2,6,12H2,1H3. The molecule has 0 aliphatic rings. The third-order valence-corrected chi connectivity index (χ3v) is 2.00. The first-order chi connectivity index (χ1) is 6.25. The monoisotopic (exact) mass is 177 g/mol. The predicted molar refractivity (Wildman–Crippen MR) is 53.3 cm³/mol. The van der Waals surface area contributed by atoms with Crippen LogP contribution in [0.5, 0.6) is 0 Å². The summed E-state index contributed by atoms with van der Waals surface area (Å²) in [4.78, 5) is 11.4. The van der Waals surface area contributed by atoms with Crippen LogP contribution in [0.2, 0.25) is 0 Å². The van der Waals surface area contributed by atoms with E-state index >= 15 is 0 Å². The molecule has 0 heterocycles. The van der Waals surface area contributed by atoms with Crippen LogP contribution < -0.4 is 5.73 Å². The fourth-order valence-corrected chi connectivity index (χ4v) is 1.25. The van der Waals surface area contributed by atoms with Crippen molar-refractivity contribution in [3.05, 3.63) is 35.9 Å². The van der Waals surface area contributed by atoms with Gasteiger partial charge in [-0.15, -0.1) is 0 Å². The summed E-state index contributed by atoms with van der Waals surface area (Å²) in [6, 6.07) is 9.04. The summed E-state index contributed by atoms with van der Waals surface area (Å²) in [5.41, 5.74) is 6.68. The van der Waals surface area contributed by atoms with E-state index in [0.29, 0.717) is 6.42 Å². The summed E-state index contributed by atoms with van der Waals surface area (Å²) < 4.78 is 0. The molecule has 70 valence electrons. The van der Waals surface area contributed by atoms with Gasteiger partial charge in [0.1, 0.15) is 0 Å². The van der Waals surface area contributed by atoms with Gasteiger partial charge in [0.25, 0.3) is 0 Å². The maximum Gasteiger partial charge on any atom is 0.154 e. The Bertz CT molecular complexity index is 269. The van der Waals surface area contributed by atoms with Crippen LogP contribution in [0.4, 0.5) is 0 Å². The molecule has 1 aromatic carbocycles. The van der Waals surface area contributed by atoms with Gasteiger partial charge in [-0.2, -0.15) is 0 Å². The van der Waals surface area contributed by atoms with Gasteiger partial charge in [-0.1, -0.05) is 37.3 Å². The van der Waals surface area contributed by atoms with E-state index in [2.05, 4.69) is 0 Å².